The summed E-state index contributed by atoms with van der Waals surface area (Å²) in [6.07, 6.45) is -0.262. The highest BCUT2D eigenvalue weighted by molar-refractivity contribution is 6.07. The van der Waals surface area contributed by atoms with Crippen molar-refractivity contribution < 1.29 is 19.5 Å². The summed E-state index contributed by atoms with van der Waals surface area (Å²) in [6, 6.07) is 5.02. The Morgan fingerprint density at radius 2 is 1.95 bits per heavy atom. The van der Waals surface area contributed by atoms with Gasteiger partial charge in [-0.1, -0.05) is 18.2 Å². The summed E-state index contributed by atoms with van der Waals surface area (Å²) in [5.74, 6) is -1.47. The van der Waals surface area contributed by atoms with Crippen LogP contribution < -0.4 is 5.32 Å². The quantitative estimate of drug-likeness (QED) is 0.824. The van der Waals surface area contributed by atoms with Crippen molar-refractivity contribution in [2.45, 2.75) is 32.7 Å². The number of aliphatic carboxylic acids is 1. The molecule has 1 aliphatic heterocycles. The van der Waals surface area contributed by atoms with Gasteiger partial charge in [-0.3, -0.25) is 14.5 Å². The van der Waals surface area contributed by atoms with Crippen LogP contribution in [-0.4, -0.2) is 34.5 Å². The van der Waals surface area contributed by atoms with Crippen molar-refractivity contribution in [3.63, 3.8) is 0 Å². The second-order valence-electron chi connectivity index (χ2n) is 5.45. The van der Waals surface area contributed by atoms with Crippen LogP contribution in [0.5, 0.6) is 0 Å². The molecule has 1 aromatic carbocycles. The summed E-state index contributed by atoms with van der Waals surface area (Å²) in [6.45, 7) is 5.42. The van der Waals surface area contributed by atoms with Crippen molar-refractivity contribution >= 4 is 17.9 Å². The molecule has 2 rings (SSSR count). The lowest BCUT2D eigenvalue weighted by atomic mass is 9.90. The molecular weight excluding hydrogens is 272 g/mol. The Hall–Kier alpha value is -2.37. The number of nitrogens with zero attached hydrogens (tertiary/aromatic N) is 1. The van der Waals surface area contributed by atoms with Crippen LogP contribution in [0.25, 0.3) is 0 Å². The van der Waals surface area contributed by atoms with Crippen LogP contribution in [-0.2, 0) is 15.1 Å². The molecule has 1 aromatic rings. The van der Waals surface area contributed by atoms with Gasteiger partial charge in [-0.05, 0) is 37.5 Å². The number of hydrogen-bond acceptors (Lipinski definition) is 3. The molecule has 0 radical (unpaired) electrons. The number of urea groups is 1. The molecule has 1 atom stereocenters. The average molecular weight is 290 g/mol. The van der Waals surface area contributed by atoms with E-state index in [1.54, 1.807) is 13.0 Å². The van der Waals surface area contributed by atoms with E-state index in [2.05, 4.69) is 5.32 Å². The van der Waals surface area contributed by atoms with Crippen LogP contribution in [0, 0.1) is 13.8 Å². The zero-order valence-electron chi connectivity index (χ0n) is 12.3. The maximum atomic E-state index is 12.5. The fraction of sp³-hybridized carbons (Fsp3) is 0.400. The molecule has 3 amide bonds. The Bertz CT molecular complexity index is 626. The Morgan fingerprint density at radius 3 is 2.52 bits per heavy atom. The highest BCUT2D eigenvalue weighted by atomic mass is 16.4. The molecule has 0 bridgehead atoms. The lowest BCUT2D eigenvalue weighted by Gasteiger charge is -2.23. The maximum absolute atomic E-state index is 12.5. The van der Waals surface area contributed by atoms with Crippen LogP contribution in [0.2, 0.25) is 0 Å². The third-order valence-corrected chi connectivity index (χ3v) is 3.91. The summed E-state index contributed by atoms with van der Waals surface area (Å²) in [4.78, 5) is 36.0. The number of imide groups is 1. The number of carboxylic acids is 1. The molecule has 21 heavy (non-hydrogen) atoms. The lowest BCUT2D eigenvalue weighted by Crippen LogP contribution is -2.41. The van der Waals surface area contributed by atoms with Gasteiger partial charge in [0.25, 0.3) is 5.91 Å². The molecule has 0 spiro atoms. The Labute approximate surface area is 122 Å². The number of carboxylic acid groups (broad SMARTS) is 1. The minimum atomic E-state index is -1.14. The number of rotatable bonds is 4. The highest BCUT2D eigenvalue weighted by Gasteiger charge is 2.48. The molecule has 1 saturated heterocycles. The first-order valence-electron chi connectivity index (χ1n) is 6.69. The fourth-order valence-corrected chi connectivity index (χ4v) is 2.36. The van der Waals surface area contributed by atoms with Gasteiger partial charge in [0.05, 0.1) is 6.42 Å². The van der Waals surface area contributed by atoms with Crippen molar-refractivity contribution in [3.8, 4) is 0 Å². The van der Waals surface area contributed by atoms with Gasteiger partial charge in [-0.15, -0.1) is 0 Å². The predicted octanol–water partition coefficient (Wildman–Crippen LogP) is 1.55. The highest BCUT2D eigenvalue weighted by Crippen LogP contribution is 2.30. The van der Waals surface area contributed by atoms with Gasteiger partial charge < -0.3 is 10.4 Å². The van der Waals surface area contributed by atoms with Gasteiger partial charge in [-0.2, -0.15) is 0 Å². The first-order chi connectivity index (χ1) is 9.75. The van der Waals surface area contributed by atoms with Crippen molar-refractivity contribution in [1.82, 2.24) is 10.2 Å². The molecule has 0 aliphatic carbocycles. The van der Waals surface area contributed by atoms with Gasteiger partial charge in [0.1, 0.15) is 5.54 Å². The topological polar surface area (TPSA) is 86.7 Å². The molecule has 1 aliphatic rings. The van der Waals surface area contributed by atoms with Gasteiger partial charge in [0.2, 0.25) is 0 Å². The predicted molar refractivity (Wildman–Crippen MR) is 75.8 cm³/mol. The molecule has 6 heteroatoms. The normalized spacial score (nSPS) is 21.6. The molecule has 0 saturated carbocycles. The minimum Gasteiger partial charge on any atom is -0.481 e. The summed E-state index contributed by atoms with van der Waals surface area (Å²) >= 11 is 0. The summed E-state index contributed by atoms with van der Waals surface area (Å²) in [7, 11) is 0. The number of amides is 3. The zero-order valence-corrected chi connectivity index (χ0v) is 12.3. The average Bonchev–Trinajstić information content (AvgIpc) is 2.62. The van der Waals surface area contributed by atoms with Gasteiger partial charge >= 0.3 is 12.0 Å². The number of carbonyl (C=O) groups excluding carboxylic acids is 2. The third-order valence-electron chi connectivity index (χ3n) is 3.91. The van der Waals surface area contributed by atoms with E-state index in [0.29, 0.717) is 5.56 Å². The van der Waals surface area contributed by atoms with Crippen LogP contribution in [0.4, 0.5) is 4.79 Å². The standard InChI is InChI=1S/C15H18N2O4/c1-9-4-5-11(8-10(9)2)15(3)13(20)17(14(21)16-15)7-6-12(18)19/h4-5,8H,6-7H2,1-3H3,(H,16,21)(H,18,19). The largest absolute Gasteiger partial charge is 0.481 e. The Morgan fingerprint density at radius 1 is 1.29 bits per heavy atom. The number of nitrogens with one attached hydrogen (secondary N) is 1. The van der Waals surface area contributed by atoms with Crippen molar-refractivity contribution in [2.24, 2.45) is 0 Å². The van der Waals surface area contributed by atoms with Crippen LogP contribution >= 0.6 is 0 Å². The maximum Gasteiger partial charge on any atom is 0.325 e. The van der Waals surface area contributed by atoms with E-state index in [9.17, 15) is 14.4 Å². The Balaban J connectivity index is 2.31. The molecule has 1 heterocycles. The van der Waals surface area contributed by atoms with Crippen molar-refractivity contribution in [1.29, 1.82) is 0 Å². The van der Waals surface area contributed by atoms with Gasteiger partial charge in [0.15, 0.2) is 0 Å². The van der Waals surface area contributed by atoms with Crippen molar-refractivity contribution in [2.75, 3.05) is 6.54 Å². The monoisotopic (exact) mass is 290 g/mol. The smallest absolute Gasteiger partial charge is 0.325 e. The van der Waals surface area contributed by atoms with Crippen molar-refractivity contribution in [3.05, 3.63) is 34.9 Å². The molecule has 6 nitrogen and oxygen atoms in total. The molecule has 2 N–H and O–H groups in total. The van der Waals surface area contributed by atoms with Crippen LogP contribution in [0.3, 0.4) is 0 Å². The number of carbonyl (C=O) groups is 3. The van der Waals surface area contributed by atoms with E-state index >= 15 is 0 Å². The first kappa shape index (κ1) is 15.0. The molecular formula is C15H18N2O4. The van der Waals surface area contributed by atoms with Crippen LogP contribution in [0.1, 0.15) is 30.0 Å². The van der Waals surface area contributed by atoms with E-state index in [1.165, 1.54) is 0 Å². The van der Waals surface area contributed by atoms with Gasteiger partial charge in [0, 0.05) is 6.54 Å². The molecule has 0 aromatic heterocycles. The summed E-state index contributed by atoms with van der Waals surface area (Å²) in [5.41, 5.74) is 1.68. The SMILES string of the molecule is Cc1ccc(C2(C)NC(=O)N(CCC(=O)O)C2=O)cc1C. The van der Waals surface area contributed by atoms with E-state index in [0.717, 1.165) is 16.0 Å². The first-order valence-corrected chi connectivity index (χ1v) is 6.69. The number of aryl methyl sites for hydroxylation is 2. The number of hydrogen-bond donors (Lipinski definition) is 2. The van der Waals surface area contributed by atoms with Gasteiger partial charge in [-0.25, -0.2) is 4.79 Å². The molecule has 1 unspecified atom stereocenters. The Kier molecular flexibility index (Phi) is 3.72. The number of benzene rings is 1. The molecule has 112 valence electrons. The lowest BCUT2D eigenvalue weighted by molar-refractivity contribution is -0.138. The second-order valence-corrected chi connectivity index (χ2v) is 5.45. The van der Waals surface area contributed by atoms with E-state index in [4.69, 9.17) is 5.11 Å². The van der Waals surface area contributed by atoms with E-state index < -0.39 is 23.4 Å². The third kappa shape index (κ3) is 2.61. The van der Waals surface area contributed by atoms with Crippen LogP contribution in [0.15, 0.2) is 18.2 Å². The molecule has 1 fully saturated rings. The summed E-state index contributed by atoms with van der Waals surface area (Å²) < 4.78 is 0. The van der Waals surface area contributed by atoms with E-state index in [1.807, 2.05) is 26.0 Å². The fourth-order valence-electron chi connectivity index (χ4n) is 2.36. The van der Waals surface area contributed by atoms with E-state index in [-0.39, 0.29) is 13.0 Å². The minimum absolute atomic E-state index is 0.125. The summed E-state index contributed by atoms with van der Waals surface area (Å²) in [5, 5.41) is 11.4. The second kappa shape index (κ2) is 5.20. The zero-order chi connectivity index (χ0) is 15.8.